The van der Waals surface area contributed by atoms with Crippen molar-refractivity contribution in [3.05, 3.63) is 42.1 Å². The second-order valence-corrected chi connectivity index (χ2v) is 11.3. The van der Waals surface area contributed by atoms with E-state index in [1.165, 1.54) is 5.69 Å². The van der Waals surface area contributed by atoms with Crippen LogP contribution in [0.25, 0.3) is 0 Å². The van der Waals surface area contributed by atoms with Crippen molar-refractivity contribution in [2.45, 2.75) is 43.7 Å². The van der Waals surface area contributed by atoms with Gasteiger partial charge in [0.05, 0.1) is 16.9 Å². The predicted molar refractivity (Wildman–Crippen MR) is 138 cm³/mol. The zero-order chi connectivity index (χ0) is 24.2. The molecule has 0 spiro atoms. The van der Waals surface area contributed by atoms with Gasteiger partial charge < -0.3 is 31.3 Å². The van der Waals surface area contributed by atoms with Gasteiger partial charge in [-0.05, 0) is 81.2 Å². The van der Waals surface area contributed by atoms with Crippen LogP contribution in [0.15, 0.2) is 36.5 Å². The van der Waals surface area contributed by atoms with Crippen molar-refractivity contribution in [2.75, 3.05) is 48.8 Å². The summed E-state index contributed by atoms with van der Waals surface area (Å²) in [5, 5.41) is 18.0. The maximum atomic E-state index is 12.2. The number of hydrogen-bond donors (Lipinski definition) is 4. The Bertz CT molecular complexity index is 1080. The number of primary amides is 1. The van der Waals surface area contributed by atoms with E-state index in [4.69, 9.17) is 5.73 Å². The van der Waals surface area contributed by atoms with Crippen molar-refractivity contribution in [2.24, 2.45) is 23.5 Å². The molecule has 1 aromatic heterocycles. The molecule has 5 atom stereocenters. The summed E-state index contributed by atoms with van der Waals surface area (Å²) in [5.41, 5.74) is 8.53. The van der Waals surface area contributed by atoms with Crippen molar-refractivity contribution in [1.82, 2.24) is 9.88 Å². The minimum Gasteiger partial charge on any atom is -0.390 e. The van der Waals surface area contributed by atoms with E-state index < -0.39 is 11.5 Å². The third-order valence-electron chi connectivity index (χ3n) is 8.74. The number of nitrogens with one attached hydrogen (secondary N) is 2. The fraction of sp³-hybridized carbons (Fsp3) is 0.556. The first-order chi connectivity index (χ1) is 16.8. The number of amides is 1. The second kappa shape index (κ2) is 8.68. The highest BCUT2D eigenvalue weighted by molar-refractivity contribution is 5.98. The number of likely N-dealkylation sites (N-methyl/N-ethyl adjacent to an activating group) is 1. The number of nitrogens with two attached hydrogens (primary N) is 1. The van der Waals surface area contributed by atoms with E-state index in [9.17, 15) is 9.90 Å². The number of aliphatic hydroxyl groups is 1. The molecule has 5 aliphatic rings. The van der Waals surface area contributed by atoms with Crippen LogP contribution in [0.5, 0.6) is 0 Å². The van der Waals surface area contributed by atoms with Gasteiger partial charge >= 0.3 is 0 Å². The molecule has 2 heterocycles. The van der Waals surface area contributed by atoms with Gasteiger partial charge in [-0.15, -0.1) is 0 Å². The average Bonchev–Trinajstić information content (AvgIpc) is 2.81. The van der Waals surface area contributed by atoms with Gasteiger partial charge in [0.25, 0.3) is 5.91 Å². The van der Waals surface area contributed by atoms with Crippen LogP contribution in [0, 0.1) is 17.8 Å². The van der Waals surface area contributed by atoms with E-state index in [-0.39, 0.29) is 6.04 Å². The highest BCUT2D eigenvalue weighted by atomic mass is 16.3. The molecule has 5 fully saturated rings. The summed E-state index contributed by atoms with van der Waals surface area (Å²) >= 11 is 0. The first kappa shape index (κ1) is 22.6. The molecule has 5 N–H and O–H groups in total. The lowest BCUT2D eigenvalue weighted by atomic mass is 9.52. The third kappa shape index (κ3) is 4.45. The molecule has 3 unspecified atom stereocenters. The normalized spacial score (nSPS) is 32.0. The van der Waals surface area contributed by atoms with E-state index in [1.807, 2.05) is 6.07 Å². The van der Waals surface area contributed by atoms with E-state index in [0.29, 0.717) is 29.1 Å². The highest BCUT2D eigenvalue weighted by Gasteiger charge is 2.54. The summed E-state index contributed by atoms with van der Waals surface area (Å²) in [6.07, 6.45) is 6.51. The lowest BCUT2D eigenvalue weighted by molar-refractivity contribution is -0.129. The van der Waals surface area contributed by atoms with Crippen molar-refractivity contribution in [3.63, 3.8) is 0 Å². The number of nitrogens with zero attached hydrogens (tertiary/aromatic N) is 3. The number of benzene rings is 1. The number of rotatable bonds is 6. The zero-order valence-corrected chi connectivity index (χ0v) is 20.4. The third-order valence-corrected chi connectivity index (χ3v) is 8.74. The first-order valence-electron chi connectivity index (χ1n) is 12.9. The fourth-order valence-electron chi connectivity index (χ4n) is 7.20. The van der Waals surface area contributed by atoms with Gasteiger partial charge in [-0.1, -0.05) is 0 Å². The number of anilines is 4. The number of piperazine rings is 1. The lowest BCUT2D eigenvalue weighted by Gasteiger charge is -2.58. The highest BCUT2D eigenvalue weighted by Crippen LogP contribution is 2.56. The summed E-state index contributed by atoms with van der Waals surface area (Å²) in [6.45, 7) is 4.23. The summed E-state index contributed by atoms with van der Waals surface area (Å²) in [7, 11) is 2.16. The monoisotopic (exact) mass is 476 g/mol. The van der Waals surface area contributed by atoms with E-state index >= 15 is 0 Å². The van der Waals surface area contributed by atoms with Gasteiger partial charge in [0.1, 0.15) is 5.82 Å². The quantitative estimate of drug-likeness (QED) is 0.508. The van der Waals surface area contributed by atoms with E-state index in [2.05, 4.69) is 56.7 Å². The Balaban J connectivity index is 1.18. The Hall–Kier alpha value is -2.84. The Morgan fingerprint density at radius 3 is 2.40 bits per heavy atom. The molecule has 4 aliphatic carbocycles. The van der Waals surface area contributed by atoms with Gasteiger partial charge in [0, 0.05) is 55.9 Å². The van der Waals surface area contributed by atoms with Gasteiger partial charge in [0.2, 0.25) is 0 Å². The molecule has 186 valence electrons. The molecule has 7 rings (SSSR count). The largest absolute Gasteiger partial charge is 0.390 e. The Morgan fingerprint density at radius 1 is 1.09 bits per heavy atom. The number of aromatic nitrogens is 1. The van der Waals surface area contributed by atoms with Gasteiger partial charge in [-0.3, -0.25) is 4.79 Å². The Morgan fingerprint density at radius 2 is 1.77 bits per heavy atom. The SMILES string of the molecule is CN1CCN(c2ccc(Nc3cc(N[C@@H]4C5CC6C[C@H]4CC(O)(C6)C5)c(C(N)=O)cn3)cc2)CC1. The van der Waals surface area contributed by atoms with E-state index in [1.54, 1.807) is 6.20 Å². The van der Waals surface area contributed by atoms with Crippen LogP contribution in [0.2, 0.25) is 0 Å². The molecule has 4 bridgehead atoms. The van der Waals surface area contributed by atoms with Crippen LogP contribution in [0.4, 0.5) is 22.9 Å². The molecule has 1 aliphatic heterocycles. The van der Waals surface area contributed by atoms with Crippen LogP contribution in [0.3, 0.4) is 0 Å². The average molecular weight is 477 g/mol. The van der Waals surface area contributed by atoms with Crippen LogP contribution in [-0.4, -0.2) is 65.8 Å². The summed E-state index contributed by atoms with van der Waals surface area (Å²) in [4.78, 5) is 21.4. The predicted octanol–water partition coefficient (Wildman–Crippen LogP) is 3.03. The minimum absolute atomic E-state index is 0.253. The molecule has 8 nitrogen and oxygen atoms in total. The molecule has 4 saturated carbocycles. The number of hydrogen-bond acceptors (Lipinski definition) is 7. The van der Waals surface area contributed by atoms with Crippen molar-refractivity contribution in [3.8, 4) is 0 Å². The van der Waals surface area contributed by atoms with Crippen molar-refractivity contribution in [1.29, 1.82) is 0 Å². The van der Waals surface area contributed by atoms with E-state index in [0.717, 1.165) is 69.7 Å². The summed E-state index contributed by atoms with van der Waals surface area (Å²) in [5.74, 6) is 1.69. The van der Waals surface area contributed by atoms with Crippen molar-refractivity contribution < 1.29 is 9.90 Å². The van der Waals surface area contributed by atoms with Gasteiger partial charge in [0.15, 0.2) is 0 Å². The van der Waals surface area contributed by atoms with Crippen molar-refractivity contribution >= 4 is 28.8 Å². The molecular weight excluding hydrogens is 440 g/mol. The van der Waals surface area contributed by atoms with Crippen LogP contribution < -0.4 is 21.3 Å². The summed E-state index contributed by atoms with van der Waals surface area (Å²) < 4.78 is 0. The standard InChI is InChI=1S/C27H36N6O2/c1-32-6-8-33(9-7-32)21-4-2-20(3-5-21)30-24-12-23(22(16-29-24)26(28)34)31-25-18-10-17-11-19(25)15-27(35,13-17)14-18/h2-5,12,16-19,25,35H,6-11,13-15H2,1H3,(H2,28,34)(H2,29,30,31)/t17?,18-,19?,25-,27?/m0/s1. The molecule has 8 heteroatoms. The van der Waals surface area contributed by atoms with Crippen LogP contribution in [0.1, 0.15) is 42.5 Å². The molecule has 2 aromatic rings. The topological polar surface area (TPSA) is 107 Å². The maximum absolute atomic E-state index is 12.2. The fourth-order valence-corrected chi connectivity index (χ4v) is 7.20. The zero-order valence-electron chi connectivity index (χ0n) is 20.4. The molecule has 35 heavy (non-hydrogen) atoms. The number of pyridine rings is 1. The smallest absolute Gasteiger partial charge is 0.252 e. The van der Waals surface area contributed by atoms with Gasteiger partial charge in [-0.25, -0.2) is 4.98 Å². The number of carbonyl (C=O) groups excluding carboxylic acids is 1. The first-order valence-corrected chi connectivity index (χ1v) is 12.9. The second-order valence-electron chi connectivity index (χ2n) is 11.3. The van der Waals surface area contributed by atoms with Crippen LogP contribution >= 0.6 is 0 Å². The van der Waals surface area contributed by atoms with Crippen LogP contribution in [-0.2, 0) is 0 Å². The minimum atomic E-state index is -0.484. The Kier molecular flexibility index (Phi) is 5.60. The molecule has 1 aromatic carbocycles. The summed E-state index contributed by atoms with van der Waals surface area (Å²) in [6, 6.07) is 10.6. The lowest BCUT2D eigenvalue weighted by Crippen LogP contribution is -2.59. The molecule has 1 saturated heterocycles. The molecular formula is C27H36N6O2. The number of carbonyl (C=O) groups is 1. The molecule has 0 radical (unpaired) electrons. The molecule has 1 amide bonds. The Labute approximate surface area is 206 Å². The van der Waals surface area contributed by atoms with Gasteiger partial charge in [-0.2, -0.15) is 0 Å². The maximum Gasteiger partial charge on any atom is 0.252 e.